The number of carbonyl (C=O) groups excluding carboxylic acids is 1. The van der Waals surface area contributed by atoms with E-state index in [1.165, 1.54) is 0 Å². The smallest absolute Gasteiger partial charge is 0.319 e. The molecule has 1 aromatic carbocycles. The topological polar surface area (TPSA) is 56.8 Å². The van der Waals surface area contributed by atoms with Gasteiger partial charge in [0.2, 0.25) is 0 Å². The van der Waals surface area contributed by atoms with E-state index in [2.05, 4.69) is 41.3 Å². The van der Waals surface area contributed by atoms with E-state index in [-0.39, 0.29) is 6.03 Å². The molecule has 0 spiro atoms. The third-order valence-electron chi connectivity index (χ3n) is 4.31. The van der Waals surface area contributed by atoms with Crippen molar-refractivity contribution in [3.8, 4) is 0 Å². The fraction of sp³-hybridized carbons (Fsp3) is 0.611. The summed E-state index contributed by atoms with van der Waals surface area (Å²) in [5, 5.41) is 5.83. The third-order valence-corrected chi connectivity index (χ3v) is 4.31. The molecular weight excluding hydrogens is 304 g/mol. The highest BCUT2D eigenvalue weighted by atomic mass is 16.5. The third kappa shape index (κ3) is 6.02. The van der Waals surface area contributed by atoms with Gasteiger partial charge >= 0.3 is 6.03 Å². The molecule has 1 heterocycles. The predicted octanol–water partition coefficient (Wildman–Crippen LogP) is 2.38. The largest absolute Gasteiger partial charge is 0.380 e. The number of urea groups is 1. The van der Waals surface area contributed by atoms with Gasteiger partial charge in [0.05, 0.1) is 6.61 Å². The lowest BCUT2D eigenvalue weighted by atomic mass is 10.2. The fourth-order valence-corrected chi connectivity index (χ4v) is 2.63. The maximum Gasteiger partial charge on any atom is 0.319 e. The van der Waals surface area contributed by atoms with E-state index in [1.54, 1.807) is 0 Å². The molecule has 1 saturated heterocycles. The Balaban J connectivity index is 1.76. The van der Waals surface area contributed by atoms with Crippen LogP contribution < -0.4 is 15.5 Å². The lowest BCUT2D eigenvalue weighted by molar-refractivity contribution is 0.141. The molecule has 0 unspecified atom stereocenters. The van der Waals surface area contributed by atoms with Gasteiger partial charge in [-0.15, -0.1) is 0 Å². The van der Waals surface area contributed by atoms with Crippen LogP contribution in [0.25, 0.3) is 0 Å². The Morgan fingerprint density at radius 3 is 2.96 bits per heavy atom. The van der Waals surface area contributed by atoms with Gasteiger partial charge in [-0.25, -0.2) is 4.79 Å². The molecule has 134 valence electrons. The highest BCUT2D eigenvalue weighted by Crippen LogP contribution is 2.19. The van der Waals surface area contributed by atoms with Crippen LogP contribution in [0.15, 0.2) is 24.3 Å². The first kappa shape index (κ1) is 18.5. The van der Waals surface area contributed by atoms with Crippen LogP contribution in [0.3, 0.4) is 0 Å². The number of anilines is 2. The lowest BCUT2D eigenvalue weighted by Crippen LogP contribution is -2.38. The van der Waals surface area contributed by atoms with E-state index in [9.17, 15) is 4.79 Å². The second-order valence-electron chi connectivity index (χ2n) is 6.44. The summed E-state index contributed by atoms with van der Waals surface area (Å²) in [4.78, 5) is 16.6. The number of nitrogens with zero attached hydrogens (tertiary/aromatic N) is 2. The number of amides is 2. The summed E-state index contributed by atoms with van der Waals surface area (Å²) in [6.45, 7) is 9.36. The van der Waals surface area contributed by atoms with Gasteiger partial charge in [-0.1, -0.05) is 6.07 Å². The van der Waals surface area contributed by atoms with Crippen LogP contribution in [0.1, 0.15) is 20.3 Å². The summed E-state index contributed by atoms with van der Waals surface area (Å²) in [7, 11) is 2.05. The van der Waals surface area contributed by atoms with Crippen molar-refractivity contribution in [2.75, 3.05) is 56.7 Å². The first-order valence-electron chi connectivity index (χ1n) is 8.74. The minimum absolute atomic E-state index is 0.162. The zero-order valence-electron chi connectivity index (χ0n) is 15.0. The fourth-order valence-electron chi connectivity index (χ4n) is 2.63. The Labute approximate surface area is 145 Å². The first-order valence-corrected chi connectivity index (χ1v) is 8.74. The minimum Gasteiger partial charge on any atom is -0.380 e. The van der Waals surface area contributed by atoms with Crippen LogP contribution in [0.2, 0.25) is 0 Å². The van der Waals surface area contributed by atoms with Crippen LogP contribution in [0.5, 0.6) is 0 Å². The molecule has 2 rings (SSSR count). The molecule has 0 aliphatic carbocycles. The Bertz CT molecular complexity index is 513. The minimum atomic E-state index is -0.162. The number of hydrogen-bond donors (Lipinski definition) is 2. The zero-order chi connectivity index (χ0) is 17.4. The molecule has 0 atom stereocenters. The Kier molecular flexibility index (Phi) is 7.34. The van der Waals surface area contributed by atoms with Gasteiger partial charge in [-0.3, -0.25) is 4.90 Å². The summed E-state index contributed by atoms with van der Waals surface area (Å²) in [5.41, 5.74) is 1.90. The number of benzene rings is 1. The van der Waals surface area contributed by atoms with Crippen LogP contribution in [-0.4, -0.2) is 63.4 Å². The summed E-state index contributed by atoms with van der Waals surface area (Å²) in [6, 6.07) is 8.15. The quantitative estimate of drug-likeness (QED) is 0.839. The Morgan fingerprint density at radius 2 is 2.17 bits per heavy atom. The lowest BCUT2D eigenvalue weighted by Gasteiger charge is -2.24. The maximum atomic E-state index is 12.1. The molecule has 24 heavy (non-hydrogen) atoms. The predicted molar refractivity (Wildman–Crippen MR) is 98.9 cm³/mol. The zero-order valence-corrected chi connectivity index (χ0v) is 15.0. The molecule has 1 aliphatic rings. The first-order chi connectivity index (χ1) is 11.6. The monoisotopic (exact) mass is 334 g/mol. The van der Waals surface area contributed by atoms with Crippen LogP contribution in [0, 0.1) is 0 Å². The standard InChI is InChI=1S/C18H30N4O2/c1-15(2)21(3)17-7-4-6-16(14-17)20-18(23)19-8-10-22-9-5-12-24-13-11-22/h4,6-7,14-15H,5,8-13H2,1-3H3,(H2,19,20,23). The van der Waals surface area contributed by atoms with E-state index in [0.29, 0.717) is 12.6 Å². The Hall–Kier alpha value is -1.79. The van der Waals surface area contributed by atoms with Gasteiger partial charge in [0.1, 0.15) is 0 Å². The second kappa shape index (κ2) is 9.49. The van der Waals surface area contributed by atoms with E-state index in [4.69, 9.17) is 4.74 Å². The number of rotatable bonds is 6. The Morgan fingerprint density at radius 1 is 1.33 bits per heavy atom. The molecule has 6 heteroatoms. The van der Waals surface area contributed by atoms with Crippen molar-refractivity contribution >= 4 is 17.4 Å². The second-order valence-corrected chi connectivity index (χ2v) is 6.44. The van der Waals surface area contributed by atoms with Gasteiger partial charge in [0.25, 0.3) is 0 Å². The van der Waals surface area contributed by atoms with Crippen molar-refractivity contribution < 1.29 is 9.53 Å². The van der Waals surface area contributed by atoms with Crippen molar-refractivity contribution in [2.24, 2.45) is 0 Å². The maximum absolute atomic E-state index is 12.1. The molecule has 1 aliphatic heterocycles. The molecule has 0 bridgehead atoms. The average molecular weight is 334 g/mol. The van der Waals surface area contributed by atoms with E-state index in [0.717, 1.165) is 50.6 Å². The van der Waals surface area contributed by atoms with Gasteiger partial charge in [0, 0.05) is 57.3 Å². The van der Waals surface area contributed by atoms with Crippen LogP contribution in [-0.2, 0) is 4.74 Å². The van der Waals surface area contributed by atoms with E-state index < -0.39 is 0 Å². The van der Waals surface area contributed by atoms with Gasteiger partial charge < -0.3 is 20.3 Å². The van der Waals surface area contributed by atoms with Gasteiger partial charge in [-0.05, 0) is 38.5 Å². The van der Waals surface area contributed by atoms with Crippen molar-refractivity contribution in [3.63, 3.8) is 0 Å². The molecule has 0 aromatic heterocycles. The van der Waals surface area contributed by atoms with Crippen molar-refractivity contribution in [1.29, 1.82) is 0 Å². The van der Waals surface area contributed by atoms with E-state index in [1.807, 2.05) is 24.3 Å². The molecule has 1 aromatic rings. The normalized spacial score (nSPS) is 15.8. The molecule has 0 saturated carbocycles. The highest BCUT2D eigenvalue weighted by molar-refractivity contribution is 5.89. The molecule has 0 radical (unpaired) electrons. The van der Waals surface area contributed by atoms with Crippen molar-refractivity contribution in [3.05, 3.63) is 24.3 Å². The number of ether oxygens (including phenoxy) is 1. The average Bonchev–Trinajstić information content (AvgIpc) is 2.83. The molecule has 2 N–H and O–H groups in total. The SMILES string of the molecule is CC(C)N(C)c1cccc(NC(=O)NCCN2CCCOCC2)c1. The summed E-state index contributed by atoms with van der Waals surface area (Å²) in [5.74, 6) is 0. The molecule has 1 fully saturated rings. The van der Waals surface area contributed by atoms with Crippen molar-refractivity contribution in [1.82, 2.24) is 10.2 Å². The molecular formula is C18H30N4O2. The number of carbonyl (C=O) groups is 1. The highest BCUT2D eigenvalue weighted by Gasteiger charge is 2.10. The number of hydrogen-bond acceptors (Lipinski definition) is 4. The number of nitrogens with one attached hydrogen (secondary N) is 2. The summed E-state index contributed by atoms with van der Waals surface area (Å²) in [6.07, 6.45) is 1.06. The van der Waals surface area contributed by atoms with Crippen molar-refractivity contribution in [2.45, 2.75) is 26.3 Å². The molecule has 6 nitrogen and oxygen atoms in total. The molecule has 2 amide bonds. The van der Waals surface area contributed by atoms with Gasteiger partial charge in [-0.2, -0.15) is 0 Å². The van der Waals surface area contributed by atoms with Gasteiger partial charge in [0.15, 0.2) is 0 Å². The summed E-state index contributed by atoms with van der Waals surface area (Å²) < 4.78 is 5.43. The van der Waals surface area contributed by atoms with E-state index >= 15 is 0 Å². The van der Waals surface area contributed by atoms with Crippen LogP contribution in [0.4, 0.5) is 16.2 Å². The van der Waals surface area contributed by atoms with Crippen LogP contribution >= 0.6 is 0 Å². The summed E-state index contributed by atoms with van der Waals surface area (Å²) >= 11 is 0.